The Hall–Kier alpha value is -1.88. The number of nitrogens with two attached hydrogens (primary N) is 1. The van der Waals surface area contributed by atoms with E-state index in [-0.39, 0.29) is 17.2 Å². The SMILES string of the molecule is Nc1ccc(C(=O)NCc2ccsc2)cc1F. The number of thiophene rings is 1. The summed E-state index contributed by atoms with van der Waals surface area (Å²) in [6.45, 7) is 0.439. The van der Waals surface area contributed by atoms with E-state index in [9.17, 15) is 9.18 Å². The predicted molar refractivity (Wildman–Crippen MR) is 66.3 cm³/mol. The number of nitrogen functional groups attached to an aromatic ring is 1. The van der Waals surface area contributed by atoms with Gasteiger partial charge < -0.3 is 11.1 Å². The van der Waals surface area contributed by atoms with Gasteiger partial charge in [0.2, 0.25) is 0 Å². The molecule has 0 bridgehead atoms. The zero-order valence-electron chi connectivity index (χ0n) is 8.94. The Bertz CT molecular complexity index is 525. The average molecular weight is 250 g/mol. The van der Waals surface area contributed by atoms with Crippen LogP contribution in [0, 0.1) is 5.82 Å². The highest BCUT2D eigenvalue weighted by Crippen LogP contribution is 2.12. The van der Waals surface area contributed by atoms with Gasteiger partial charge in [0.1, 0.15) is 5.82 Å². The first kappa shape index (κ1) is 11.6. The normalized spacial score (nSPS) is 10.2. The van der Waals surface area contributed by atoms with Crippen molar-refractivity contribution in [3.8, 4) is 0 Å². The molecular weight excluding hydrogens is 239 g/mol. The summed E-state index contributed by atoms with van der Waals surface area (Å²) in [5.74, 6) is -0.886. The molecule has 3 nitrogen and oxygen atoms in total. The van der Waals surface area contributed by atoms with Crippen molar-refractivity contribution in [2.45, 2.75) is 6.54 Å². The number of nitrogens with one attached hydrogen (secondary N) is 1. The number of amides is 1. The van der Waals surface area contributed by atoms with Crippen LogP contribution < -0.4 is 11.1 Å². The van der Waals surface area contributed by atoms with E-state index in [4.69, 9.17) is 5.73 Å². The molecule has 0 aliphatic heterocycles. The van der Waals surface area contributed by atoms with E-state index < -0.39 is 5.82 Å². The summed E-state index contributed by atoms with van der Waals surface area (Å²) in [7, 11) is 0. The summed E-state index contributed by atoms with van der Waals surface area (Å²) in [4.78, 5) is 11.7. The van der Waals surface area contributed by atoms with Gasteiger partial charge in [0.05, 0.1) is 5.69 Å². The summed E-state index contributed by atoms with van der Waals surface area (Å²) in [6.07, 6.45) is 0. The molecule has 5 heteroatoms. The van der Waals surface area contributed by atoms with E-state index in [1.165, 1.54) is 12.1 Å². The standard InChI is InChI=1S/C12H11FN2OS/c13-10-5-9(1-2-11(10)14)12(16)15-6-8-3-4-17-7-8/h1-5,7H,6,14H2,(H,15,16). The number of anilines is 1. The van der Waals surface area contributed by atoms with Crippen LogP contribution in [0.2, 0.25) is 0 Å². The van der Waals surface area contributed by atoms with Crippen molar-refractivity contribution in [1.29, 1.82) is 0 Å². The molecule has 17 heavy (non-hydrogen) atoms. The molecule has 0 aliphatic rings. The maximum atomic E-state index is 13.1. The second-order valence-electron chi connectivity index (χ2n) is 3.55. The van der Waals surface area contributed by atoms with E-state index in [2.05, 4.69) is 5.32 Å². The highest BCUT2D eigenvalue weighted by Gasteiger charge is 2.08. The molecule has 0 atom stereocenters. The molecule has 1 heterocycles. The van der Waals surface area contributed by atoms with E-state index in [1.807, 2.05) is 16.8 Å². The molecule has 2 aromatic rings. The molecule has 0 radical (unpaired) electrons. The Kier molecular flexibility index (Phi) is 3.39. The van der Waals surface area contributed by atoms with Crippen molar-refractivity contribution < 1.29 is 9.18 Å². The summed E-state index contributed by atoms with van der Waals surface area (Å²) >= 11 is 1.56. The van der Waals surface area contributed by atoms with Gasteiger partial charge in [-0.05, 0) is 40.6 Å². The number of benzene rings is 1. The molecule has 2 rings (SSSR count). The monoisotopic (exact) mass is 250 g/mol. The summed E-state index contributed by atoms with van der Waals surface area (Å²) in [6, 6.07) is 5.95. The smallest absolute Gasteiger partial charge is 0.251 e. The molecule has 1 aromatic heterocycles. The molecule has 1 amide bonds. The van der Waals surface area contributed by atoms with Gasteiger partial charge in [0.15, 0.2) is 0 Å². The maximum absolute atomic E-state index is 13.1. The lowest BCUT2D eigenvalue weighted by molar-refractivity contribution is 0.0950. The van der Waals surface area contributed by atoms with Crippen LogP contribution in [0.15, 0.2) is 35.0 Å². The number of hydrogen-bond donors (Lipinski definition) is 2. The molecule has 0 saturated carbocycles. The van der Waals surface area contributed by atoms with E-state index in [0.717, 1.165) is 11.6 Å². The van der Waals surface area contributed by atoms with Crippen molar-refractivity contribution in [1.82, 2.24) is 5.32 Å². The fourth-order valence-corrected chi connectivity index (χ4v) is 2.01. The first-order valence-corrected chi connectivity index (χ1v) is 5.95. The lowest BCUT2D eigenvalue weighted by Crippen LogP contribution is -2.22. The second kappa shape index (κ2) is 4.97. The Morgan fingerprint density at radius 3 is 2.88 bits per heavy atom. The third-order valence-electron chi connectivity index (χ3n) is 2.30. The lowest BCUT2D eigenvalue weighted by atomic mass is 10.2. The van der Waals surface area contributed by atoms with Crippen LogP contribution in [0.5, 0.6) is 0 Å². The summed E-state index contributed by atoms with van der Waals surface area (Å²) in [5, 5.41) is 6.59. The topological polar surface area (TPSA) is 55.1 Å². The second-order valence-corrected chi connectivity index (χ2v) is 4.33. The van der Waals surface area contributed by atoms with E-state index >= 15 is 0 Å². The lowest BCUT2D eigenvalue weighted by Gasteiger charge is -2.04. The number of halogens is 1. The molecular formula is C12H11FN2OS. The summed E-state index contributed by atoms with van der Waals surface area (Å²) in [5.41, 5.74) is 6.67. The first-order chi connectivity index (χ1) is 8.16. The molecule has 0 fully saturated rings. The number of rotatable bonds is 3. The van der Waals surface area contributed by atoms with Gasteiger partial charge >= 0.3 is 0 Å². The Morgan fingerprint density at radius 2 is 2.24 bits per heavy atom. The zero-order chi connectivity index (χ0) is 12.3. The van der Waals surface area contributed by atoms with Gasteiger partial charge in [-0.15, -0.1) is 0 Å². The molecule has 0 unspecified atom stereocenters. The van der Waals surface area contributed by atoms with Crippen molar-refractivity contribution in [3.05, 3.63) is 52.0 Å². The third-order valence-corrected chi connectivity index (χ3v) is 3.03. The highest BCUT2D eigenvalue weighted by atomic mass is 32.1. The van der Waals surface area contributed by atoms with Crippen molar-refractivity contribution in [2.24, 2.45) is 0 Å². The largest absolute Gasteiger partial charge is 0.396 e. The molecule has 0 aliphatic carbocycles. The number of carbonyl (C=O) groups excluding carboxylic acids is 1. The predicted octanol–water partition coefficient (Wildman–Crippen LogP) is 2.40. The van der Waals surface area contributed by atoms with Gasteiger partial charge in [0.25, 0.3) is 5.91 Å². The van der Waals surface area contributed by atoms with Crippen LogP contribution in [0.25, 0.3) is 0 Å². The quantitative estimate of drug-likeness (QED) is 0.822. The fourth-order valence-electron chi connectivity index (χ4n) is 1.35. The first-order valence-electron chi connectivity index (χ1n) is 5.01. The van der Waals surface area contributed by atoms with Gasteiger partial charge in [-0.25, -0.2) is 4.39 Å². The van der Waals surface area contributed by atoms with Gasteiger partial charge in [0, 0.05) is 12.1 Å². The average Bonchev–Trinajstić information content (AvgIpc) is 2.82. The zero-order valence-corrected chi connectivity index (χ0v) is 9.76. The van der Waals surface area contributed by atoms with Crippen LogP contribution in [0.1, 0.15) is 15.9 Å². The van der Waals surface area contributed by atoms with Crippen molar-refractivity contribution >= 4 is 22.9 Å². The van der Waals surface area contributed by atoms with E-state index in [0.29, 0.717) is 6.54 Å². The van der Waals surface area contributed by atoms with Gasteiger partial charge in [-0.1, -0.05) is 0 Å². The van der Waals surface area contributed by atoms with Crippen LogP contribution in [-0.4, -0.2) is 5.91 Å². The number of carbonyl (C=O) groups is 1. The van der Waals surface area contributed by atoms with Crippen LogP contribution in [-0.2, 0) is 6.54 Å². The maximum Gasteiger partial charge on any atom is 0.251 e. The van der Waals surface area contributed by atoms with Crippen molar-refractivity contribution in [2.75, 3.05) is 5.73 Å². The highest BCUT2D eigenvalue weighted by molar-refractivity contribution is 7.07. The minimum Gasteiger partial charge on any atom is -0.396 e. The number of hydrogen-bond acceptors (Lipinski definition) is 3. The van der Waals surface area contributed by atoms with Crippen LogP contribution >= 0.6 is 11.3 Å². The molecule has 1 aromatic carbocycles. The van der Waals surface area contributed by atoms with Gasteiger partial charge in [-0.2, -0.15) is 11.3 Å². The third kappa shape index (κ3) is 2.82. The molecule has 88 valence electrons. The van der Waals surface area contributed by atoms with Crippen LogP contribution in [0.3, 0.4) is 0 Å². The Balaban J connectivity index is 2.02. The van der Waals surface area contributed by atoms with Crippen molar-refractivity contribution in [3.63, 3.8) is 0 Å². The minimum atomic E-state index is -0.576. The molecule has 0 spiro atoms. The summed E-state index contributed by atoms with van der Waals surface area (Å²) < 4.78 is 13.1. The van der Waals surface area contributed by atoms with Crippen LogP contribution in [0.4, 0.5) is 10.1 Å². The Morgan fingerprint density at radius 1 is 1.41 bits per heavy atom. The fraction of sp³-hybridized carbons (Fsp3) is 0.0833. The molecule has 3 N–H and O–H groups in total. The Labute approximate surface area is 102 Å². The van der Waals surface area contributed by atoms with Gasteiger partial charge in [-0.3, -0.25) is 4.79 Å². The minimum absolute atomic E-state index is 0.0411. The molecule has 0 saturated heterocycles. The van der Waals surface area contributed by atoms with E-state index in [1.54, 1.807) is 11.3 Å².